The molecule has 3 nitrogen and oxygen atoms in total. The van der Waals surface area contributed by atoms with Gasteiger partial charge in [-0.25, -0.2) is 0 Å². The van der Waals surface area contributed by atoms with Crippen LogP contribution in [0.2, 0.25) is 0 Å². The summed E-state index contributed by atoms with van der Waals surface area (Å²) < 4.78 is 0. The molecule has 5 rings (SSSR count). The largest absolute Gasteiger partial charge is 0.334 e. The van der Waals surface area contributed by atoms with Crippen LogP contribution < -0.4 is 0 Å². The van der Waals surface area contributed by atoms with Gasteiger partial charge in [0.05, 0.1) is 12.5 Å². The van der Waals surface area contributed by atoms with Crippen LogP contribution in [0, 0.1) is 0 Å². The molecule has 1 saturated heterocycles. The van der Waals surface area contributed by atoms with Gasteiger partial charge < -0.3 is 9.80 Å². The van der Waals surface area contributed by atoms with E-state index in [9.17, 15) is 4.79 Å². The number of hydrogen-bond donors (Lipinski definition) is 0. The Labute approximate surface area is 178 Å². The van der Waals surface area contributed by atoms with E-state index >= 15 is 0 Å². The molecular weight excluding hydrogens is 376 g/mol. The molecule has 0 saturated carbocycles. The predicted octanol–water partition coefficient (Wildman–Crippen LogP) is 4.78. The summed E-state index contributed by atoms with van der Waals surface area (Å²) in [6.45, 7) is 4.24. The molecule has 1 aliphatic carbocycles. The third-order valence-electron chi connectivity index (χ3n) is 7.06. The molecule has 4 heteroatoms. The fourth-order valence-corrected chi connectivity index (χ4v) is 6.38. The number of carbonyl (C=O) groups is 1. The van der Waals surface area contributed by atoms with Crippen LogP contribution in [-0.4, -0.2) is 41.9 Å². The van der Waals surface area contributed by atoms with E-state index in [-0.39, 0.29) is 6.04 Å². The van der Waals surface area contributed by atoms with Gasteiger partial charge in [-0.1, -0.05) is 24.6 Å². The molecule has 1 aromatic carbocycles. The van der Waals surface area contributed by atoms with Gasteiger partial charge in [0.15, 0.2) is 0 Å². The highest BCUT2D eigenvalue weighted by molar-refractivity contribution is 7.10. The van der Waals surface area contributed by atoms with E-state index in [1.807, 2.05) is 11.3 Å². The maximum atomic E-state index is 13.4. The maximum Gasteiger partial charge on any atom is 0.227 e. The third-order valence-corrected chi connectivity index (χ3v) is 8.06. The fourth-order valence-electron chi connectivity index (χ4n) is 5.45. The van der Waals surface area contributed by atoms with Gasteiger partial charge in [-0.05, 0) is 91.7 Å². The molecule has 1 aromatic heterocycles. The number of likely N-dealkylation sites (tertiary alicyclic amines) is 1. The number of aryl methyl sites for hydroxylation is 2. The number of thiophene rings is 1. The Morgan fingerprint density at radius 1 is 0.931 bits per heavy atom. The first-order chi connectivity index (χ1) is 14.3. The average Bonchev–Trinajstić information content (AvgIpc) is 3.24. The van der Waals surface area contributed by atoms with Gasteiger partial charge in [0.25, 0.3) is 0 Å². The molecule has 0 spiro atoms. The monoisotopic (exact) mass is 408 g/mol. The summed E-state index contributed by atoms with van der Waals surface area (Å²) in [5.41, 5.74) is 5.58. The Morgan fingerprint density at radius 2 is 1.76 bits per heavy atom. The number of fused-ring (bicyclic) bond motifs is 2. The van der Waals surface area contributed by atoms with E-state index in [0.717, 1.165) is 19.5 Å². The van der Waals surface area contributed by atoms with Crippen LogP contribution in [0.4, 0.5) is 0 Å². The molecule has 0 bridgehead atoms. The van der Waals surface area contributed by atoms with Crippen LogP contribution in [0.5, 0.6) is 0 Å². The van der Waals surface area contributed by atoms with Gasteiger partial charge >= 0.3 is 0 Å². The van der Waals surface area contributed by atoms with Gasteiger partial charge in [-0.15, -0.1) is 11.3 Å². The molecule has 3 heterocycles. The second kappa shape index (κ2) is 8.61. The van der Waals surface area contributed by atoms with Crippen LogP contribution in [0.1, 0.15) is 65.3 Å². The Morgan fingerprint density at radius 3 is 2.62 bits per heavy atom. The van der Waals surface area contributed by atoms with Gasteiger partial charge in [-0.3, -0.25) is 4.79 Å². The molecule has 1 unspecified atom stereocenters. The van der Waals surface area contributed by atoms with Crippen LogP contribution in [0.25, 0.3) is 0 Å². The van der Waals surface area contributed by atoms with Crippen molar-refractivity contribution in [2.24, 2.45) is 0 Å². The Hall–Kier alpha value is -1.65. The fraction of sp³-hybridized carbons (Fsp3) is 0.560. The first-order valence-electron chi connectivity index (χ1n) is 11.5. The molecule has 0 radical (unpaired) electrons. The van der Waals surface area contributed by atoms with Gasteiger partial charge in [0.1, 0.15) is 0 Å². The van der Waals surface area contributed by atoms with Gasteiger partial charge in [0, 0.05) is 18.0 Å². The number of piperidine rings is 1. The minimum absolute atomic E-state index is 0.230. The minimum Gasteiger partial charge on any atom is -0.334 e. The standard InChI is InChI=1S/C25H32N2OS/c28-25(17-19-8-9-20-6-2-3-7-21(20)16-19)27-14-10-24-22(11-15-29-24)23(27)18-26-12-4-1-5-13-26/h8-9,11,15-16,23H,1-7,10,12-14,17-18H2. The van der Waals surface area contributed by atoms with E-state index < -0.39 is 0 Å². The number of hydrogen-bond acceptors (Lipinski definition) is 3. The van der Waals surface area contributed by atoms with Crippen molar-refractivity contribution in [3.63, 3.8) is 0 Å². The Bertz CT molecular complexity index is 867. The average molecular weight is 409 g/mol. The molecule has 1 fully saturated rings. The van der Waals surface area contributed by atoms with Crippen molar-refractivity contribution in [1.29, 1.82) is 0 Å². The lowest BCUT2D eigenvalue weighted by Crippen LogP contribution is -2.46. The van der Waals surface area contributed by atoms with Crippen molar-refractivity contribution in [1.82, 2.24) is 9.80 Å². The SMILES string of the molecule is O=C(Cc1ccc2c(c1)CCCC2)N1CCc2sccc2C1CN1CCCCC1. The number of nitrogens with zero attached hydrogens (tertiary/aromatic N) is 2. The summed E-state index contributed by atoms with van der Waals surface area (Å²) in [6, 6.07) is 9.28. The first kappa shape index (κ1) is 19.3. The molecule has 0 N–H and O–H groups in total. The van der Waals surface area contributed by atoms with Crippen LogP contribution in [-0.2, 0) is 30.5 Å². The highest BCUT2D eigenvalue weighted by Crippen LogP contribution is 2.35. The predicted molar refractivity (Wildman–Crippen MR) is 120 cm³/mol. The summed E-state index contributed by atoms with van der Waals surface area (Å²) in [6.07, 6.45) is 10.5. The van der Waals surface area contributed by atoms with Crippen LogP contribution >= 0.6 is 11.3 Å². The highest BCUT2D eigenvalue weighted by Gasteiger charge is 2.33. The lowest BCUT2D eigenvalue weighted by Gasteiger charge is -2.40. The van der Waals surface area contributed by atoms with Crippen molar-refractivity contribution in [3.8, 4) is 0 Å². The molecule has 3 aliphatic rings. The molecule has 1 amide bonds. The first-order valence-corrected chi connectivity index (χ1v) is 12.3. The molecular formula is C25H32N2OS. The topological polar surface area (TPSA) is 23.6 Å². The second-order valence-electron chi connectivity index (χ2n) is 9.00. The number of benzene rings is 1. The zero-order valence-corrected chi connectivity index (χ0v) is 18.2. The van der Waals surface area contributed by atoms with Crippen molar-refractivity contribution in [3.05, 3.63) is 56.8 Å². The molecule has 2 aliphatic heterocycles. The van der Waals surface area contributed by atoms with E-state index in [0.29, 0.717) is 12.3 Å². The normalized spacial score (nSPS) is 22.2. The summed E-state index contributed by atoms with van der Waals surface area (Å²) in [7, 11) is 0. The Balaban J connectivity index is 1.34. The smallest absolute Gasteiger partial charge is 0.227 e. The second-order valence-corrected chi connectivity index (χ2v) is 10.0. The zero-order chi connectivity index (χ0) is 19.6. The number of carbonyl (C=O) groups excluding carboxylic acids is 1. The van der Waals surface area contributed by atoms with E-state index in [1.54, 1.807) is 0 Å². The lowest BCUT2D eigenvalue weighted by atomic mass is 9.89. The number of rotatable bonds is 4. The zero-order valence-electron chi connectivity index (χ0n) is 17.4. The summed E-state index contributed by atoms with van der Waals surface area (Å²) in [5.74, 6) is 0.305. The molecule has 1 atom stereocenters. The lowest BCUT2D eigenvalue weighted by molar-refractivity contribution is -0.133. The highest BCUT2D eigenvalue weighted by atomic mass is 32.1. The van der Waals surface area contributed by atoms with Crippen molar-refractivity contribution < 1.29 is 4.79 Å². The molecule has 29 heavy (non-hydrogen) atoms. The Kier molecular flexibility index (Phi) is 5.74. The summed E-state index contributed by atoms with van der Waals surface area (Å²) in [5, 5.41) is 2.21. The summed E-state index contributed by atoms with van der Waals surface area (Å²) >= 11 is 1.87. The van der Waals surface area contributed by atoms with Crippen LogP contribution in [0.15, 0.2) is 29.6 Å². The van der Waals surface area contributed by atoms with Crippen LogP contribution in [0.3, 0.4) is 0 Å². The number of amides is 1. The minimum atomic E-state index is 0.230. The molecule has 2 aromatic rings. The van der Waals surface area contributed by atoms with Crippen molar-refractivity contribution in [2.45, 2.75) is 63.8 Å². The third kappa shape index (κ3) is 4.15. The van der Waals surface area contributed by atoms with E-state index in [2.05, 4.69) is 39.4 Å². The quantitative estimate of drug-likeness (QED) is 0.727. The van der Waals surface area contributed by atoms with E-state index in [4.69, 9.17) is 0 Å². The van der Waals surface area contributed by atoms with E-state index in [1.165, 1.54) is 85.2 Å². The van der Waals surface area contributed by atoms with Crippen molar-refractivity contribution >= 4 is 17.2 Å². The van der Waals surface area contributed by atoms with Gasteiger partial charge in [-0.2, -0.15) is 0 Å². The molecule has 154 valence electrons. The maximum absolute atomic E-state index is 13.4. The van der Waals surface area contributed by atoms with Gasteiger partial charge in [0.2, 0.25) is 5.91 Å². The van der Waals surface area contributed by atoms with Crippen molar-refractivity contribution in [2.75, 3.05) is 26.2 Å². The summed E-state index contributed by atoms with van der Waals surface area (Å²) in [4.78, 5) is 19.7.